The number of rotatable bonds is 9. The van der Waals surface area contributed by atoms with E-state index in [-0.39, 0.29) is 5.88 Å². The number of nitrogen functional groups attached to an aromatic ring is 1. The van der Waals surface area contributed by atoms with Crippen LogP contribution in [-0.2, 0) is 13.1 Å². The van der Waals surface area contributed by atoms with Crippen LogP contribution in [0.1, 0.15) is 22.3 Å². The van der Waals surface area contributed by atoms with E-state index in [1.807, 2.05) is 72.8 Å². The summed E-state index contributed by atoms with van der Waals surface area (Å²) >= 11 is 0. The number of anilines is 1. The quantitative estimate of drug-likeness (QED) is 0.157. The van der Waals surface area contributed by atoms with Crippen LogP contribution in [0.4, 0.5) is 11.4 Å². The first-order valence-electron chi connectivity index (χ1n) is 12.7. The van der Waals surface area contributed by atoms with Crippen molar-refractivity contribution in [1.82, 2.24) is 9.88 Å². The van der Waals surface area contributed by atoms with Gasteiger partial charge < -0.3 is 25.3 Å². The van der Waals surface area contributed by atoms with Gasteiger partial charge in [0.05, 0.1) is 31.2 Å². The molecular formula is C32H32N4O3. The number of aliphatic imine (C=N–C) groups is 1. The van der Waals surface area contributed by atoms with Gasteiger partial charge in [-0.3, -0.25) is 4.90 Å². The molecule has 7 nitrogen and oxygen atoms in total. The number of aromatic hydroxyl groups is 1. The van der Waals surface area contributed by atoms with Crippen molar-refractivity contribution in [2.45, 2.75) is 13.1 Å². The number of fused-ring (bicyclic) bond motifs is 1. The third-order valence-corrected chi connectivity index (χ3v) is 6.62. The summed E-state index contributed by atoms with van der Waals surface area (Å²) in [5.41, 5.74) is 12.8. The van der Waals surface area contributed by atoms with Crippen LogP contribution in [0.25, 0.3) is 10.9 Å². The number of nitrogens with zero attached hydrogens (tertiary/aromatic N) is 2. The van der Waals surface area contributed by atoms with Crippen molar-refractivity contribution < 1.29 is 14.6 Å². The Morgan fingerprint density at radius 1 is 0.846 bits per heavy atom. The summed E-state index contributed by atoms with van der Waals surface area (Å²) in [5.74, 6) is 1.51. The second-order valence-corrected chi connectivity index (χ2v) is 9.51. The maximum absolute atomic E-state index is 10.9. The molecule has 0 spiro atoms. The highest BCUT2D eigenvalue weighted by atomic mass is 16.5. The zero-order chi connectivity index (χ0) is 27.4. The first-order chi connectivity index (χ1) is 18.9. The number of ether oxygens (including phenoxy) is 2. The van der Waals surface area contributed by atoms with Gasteiger partial charge in [0, 0.05) is 35.2 Å². The van der Waals surface area contributed by atoms with Gasteiger partial charge in [-0.2, -0.15) is 0 Å². The van der Waals surface area contributed by atoms with E-state index in [4.69, 9.17) is 20.2 Å². The van der Waals surface area contributed by atoms with Gasteiger partial charge in [-0.25, -0.2) is 4.99 Å². The molecule has 0 saturated carbocycles. The van der Waals surface area contributed by atoms with Crippen LogP contribution in [-0.4, -0.2) is 42.0 Å². The Bertz CT molecular complexity index is 1610. The minimum absolute atomic E-state index is 0.0617. The van der Waals surface area contributed by atoms with Gasteiger partial charge >= 0.3 is 0 Å². The third kappa shape index (κ3) is 5.73. The molecule has 7 heteroatoms. The Morgan fingerprint density at radius 2 is 1.54 bits per heavy atom. The summed E-state index contributed by atoms with van der Waals surface area (Å²) < 4.78 is 10.8. The van der Waals surface area contributed by atoms with E-state index in [9.17, 15) is 5.11 Å². The van der Waals surface area contributed by atoms with E-state index in [2.05, 4.69) is 35.1 Å². The Labute approximate surface area is 228 Å². The summed E-state index contributed by atoms with van der Waals surface area (Å²) in [6.07, 6.45) is 0. The first-order valence-corrected chi connectivity index (χ1v) is 12.7. The number of H-pyrrole nitrogens is 1. The second kappa shape index (κ2) is 11.3. The van der Waals surface area contributed by atoms with Gasteiger partial charge in [0.15, 0.2) is 17.4 Å². The van der Waals surface area contributed by atoms with E-state index in [1.54, 1.807) is 14.2 Å². The molecule has 1 aromatic heterocycles. The number of nitrogens with two attached hydrogens (primary N) is 1. The molecule has 0 unspecified atom stereocenters. The highest BCUT2D eigenvalue weighted by Gasteiger charge is 2.19. The van der Waals surface area contributed by atoms with Crippen molar-refractivity contribution in [2.75, 3.05) is 27.0 Å². The van der Waals surface area contributed by atoms with E-state index in [1.165, 1.54) is 5.56 Å². The zero-order valence-electron chi connectivity index (χ0n) is 22.3. The highest BCUT2D eigenvalue weighted by molar-refractivity contribution is 6.22. The normalized spacial score (nSPS) is 11.7. The molecule has 0 saturated heterocycles. The molecule has 1 heterocycles. The zero-order valence-corrected chi connectivity index (χ0v) is 22.3. The fraction of sp³-hybridized carbons (Fsp3) is 0.156. The monoisotopic (exact) mass is 520 g/mol. The fourth-order valence-electron chi connectivity index (χ4n) is 4.76. The van der Waals surface area contributed by atoms with Gasteiger partial charge in [-0.15, -0.1) is 0 Å². The summed E-state index contributed by atoms with van der Waals surface area (Å²) in [6, 6.07) is 29.5. The lowest BCUT2D eigenvalue weighted by Gasteiger charge is -2.18. The van der Waals surface area contributed by atoms with Crippen LogP contribution in [0.5, 0.6) is 17.4 Å². The lowest BCUT2D eigenvalue weighted by molar-refractivity contribution is 0.316. The number of methoxy groups -OCH3 is 2. The minimum Gasteiger partial charge on any atom is -0.494 e. The molecule has 0 fully saturated rings. The van der Waals surface area contributed by atoms with Crippen LogP contribution in [0, 0.1) is 0 Å². The van der Waals surface area contributed by atoms with Crippen molar-refractivity contribution in [1.29, 1.82) is 0 Å². The van der Waals surface area contributed by atoms with Gasteiger partial charge in [0.2, 0.25) is 0 Å². The number of aromatic amines is 1. The minimum atomic E-state index is 0.0617. The van der Waals surface area contributed by atoms with Crippen LogP contribution < -0.4 is 15.2 Å². The van der Waals surface area contributed by atoms with Crippen molar-refractivity contribution in [3.63, 3.8) is 0 Å². The van der Waals surface area contributed by atoms with E-state index in [0.717, 1.165) is 52.3 Å². The third-order valence-electron chi connectivity index (χ3n) is 6.62. The van der Waals surface area contributed by atoms with Crippen LogP contribution >= 0.6 is 0 Å². The molecule has 5 rings (SSSR count). The molecule has 0 amide bonds. The molecular weight excluding hydrogens is 488 g/mol. The molecule has 39 heavy (non-hydrogen) atoms. The maximum atomic E-state index is 10.9. The van der Waals surface area contributed by atoms with Crippen molar-refractivity contribution >= 4 is 28.0 Å². The Kier molecular flexibility index (Phi) is 7.52. The SMILES string of the molecule is COc1ccc(CN(C)Cc2ccc(N=C(c3ccccc3)c3c(O)[nH]c4ccc(N)cc34)cc2)cc1OC. The summed E-state index contributed by atoms with van der Waals surface area (Å²) in [5, 5.41) is 11.7. The van der Waals surface area contributed by atoms with Gasteiger partial charge in [0.25, 0.3) is 0 Å². The van der Waals surface area contributed by atoms with Crippen LogP contribution in [0.2, 0.25) is 0 Å². The van der Waals surface area contributed by atoms with Crippen molar-refractivity contribution in [3.05, 3.63) is 113 Å². The fourth-order valence-corrected chi connectivity index (χ4v) is 4.76. The highest BCUT2D eigenvalue weighted by Crippen LogP contribution is 2.33. The molecule has 0 aliphatic heterocycles. The topological polar surface area (TPSA) is 96.1 Å². The Hall–Kier alpha value is -4.75. The summed E-state index contributed by atoms with van der Waals surface area (Å²) in [4.78, 5) is 10.3. The number of hydrogen-bond donors (Lipinski definition) is 3. The average molecular weight is 521 g/mol. The number of aromatic nitrogens is 1. The molecule has 5 aromatic rings. The predicted molar refractivity (Wildman–Crippen MR) is 157 cm³/mol. The van der Waals surface area contributed by atoms with Gasteiger partial charge in [-0.05, 0) is 60.6 Å². The second-order valence-electron chi connectivity index (χ2n) is 9.51. The van der Waals surface area contributed by atoms with Crippen LogP contribution in [0.3, 0.4) is 0 Å². The average Bonchev–Trinajstić information content (AvgIpc) is 3.27. The Morgan fingerprint density at radius 3 is 2.26 bits per heavy atom. The largest absolute Gasteiger partial charge is 0.494 e. The summed E-state index contributed by atoms with van der Waals surface area (Å²) in [6.45, 7) is 1.54. The van der Waals surface area contributed by atoms with Gasteiger partial charge in [-0.1, -0.05) is 48.5 Å². The van der Waals surface area contributed by atoms with Gasteiger partial charge in [0.1, 0.15) is 0 Å². The molecule has 198 valence electrons. The lowest BCUT2D eigenvalue weighted by atomic mass is 10.0. The van der Waals surface area contributed by atoms with Crippen molar-refractivity contribution in [3.8, 4) is 17.4 Å². The molecule has 4 N–H and O–H groups in total. The molecule has 0 aliphatic carbocycles. The lowest BCUT2D eigenvalue weighted by Crippen LogP contribution is -2.17. The van der Waals surface area contributed by atoms with Crippen LogP contribution in [0.15, 0.2) is 96.0 Å². The first kappa shape index (κ1) is 25.9. The predicted octanol–water partition coefficient (Wildman–Crippen LogP) is 6.27. The molecule has 0 aliphatic rings. The van der Waals surface area contributed by atoms with E-state index >= 15 is 0 Å². The molecule has 0 atom stereocenters. The van der Waals surface area contributed by atoms with E-state index < -0.39 is 0 Å². The van der Waals surface area contributed by atoms with Crippen molar-refractivity contribution in [2.24, 2.45) is 4.99 Å². The number of hydrogen-bond acceptors (Lipinski definition) is 6. The maximum Gasteiger partial charge on any atom is 0.199 e. The smallest absolute Gasteiger partial charge is 0.199 e. The molecule has 4 aromatic carbocycles. The molecule has 0 bridgehead atoms. The molecule has 0 radical (unpaired) electrons. The van der Waals surface area contributed by atoms with E-state index in [0.29, 0.717) is 17.0 Å². The number of benzene rings is 4. The standard InChI is InChI=1S/C32H32N4O3/c1-36(20-22-11-16-28(38-2)29(17-22)39-3)19-21-9-13-25(14-10-21)34-31(23-7-5-4-6-8-23)30-26-18-24(33)12-15-27(26)35-32(30)37/h4-18,35,37H,19-20,33H2,1-3H3. The Balaban J connectivity index is 1.40. The number of nitrogens with one attached hydrogen (secondary N) is 1. The summed E-state index contributed by atoms with van der Waals surface area (Å²) in [7, 11) is 5.37.